The van der Waals surface area contributed by atoms with Crippen molar-refractivity contribution in [2.24, 2.45) is 0 Å². The minimum Gasteiger partial charge on any atom is -0.383 e. The van der Waals surface area contributed by atoms with Crippen LogP contribution in [0.5, 0.6) is 0 Å². The first-order valence-corrected chi connectivity index (χ1v) is 7.94. The molecule has 2 N–H and O–H groups in total. The number of nitrogens with zero attached hydrogens (tertiary/aromatic N) is 3. The summed E-state index contributed by atoms with van der Waals surface area (Å²) < 4.78 is 36.7. The fraction of sp³-hybridized carbons (Fsp3) is 0.417. The molecule has 0 radical (unpaired) electrons. The van der Waals surface area contributed by atoms with Crippen LogP contribution in [0.1, 0.15) is 11.5 Å². The van der Waals surface area contributed by atoms with Gasteiger partial charge in [-0.05, 0) is 26.0 Å². The third-order valence-corrected chi connectivity index (χ3v) is 4.35. The first kappa shape index (κ1) is 16.2. The Labute approximate surface area is 128 Å². The van der Waals surface area contributed by atoms with E-state index < -0.39 is 10.0 Å². The number of hydrogen-bond acceptors (Lipinski definition) is 8. The average molecular weight is 327 g/mol. The van der Waals surface area contributed by atoms with E-state index in [9.17, 15) is 8.42 Å². The van der Waals surface area contributed by atoms with Crippen LogP contribution in [-0.2, 0) is 14.8 Å². The van der Waals surface area contributed by atoms with E-state index in [0.29, 0.717) is 19.0 Å². The first-order chi connectivity index (χ1) is 10.4. The Bertz CT molecular complexity index is 707. The van der Waals surface area contributed by atoms with Gasteiger partial charge in [-0.25, -0.2) is 8.42 Å². The molecule has 10 heteroatoms. The molecule has 2 heterocycles. The van der Waals surface area contributed by atoms with E-state index in [1.807, 2.05) is 0 Å². The Morgan fingerprint density at radius 2 is 1.91 bits per heavy atom. The molecule has 22 heavy (non-hydrogen) atoms. The molecule has 9 nitrogen and oxygen atoms in total. The van der Waals surface area contributed by atoms with Gasteiger partial charge in [-0.2, -0.15) is 0 Å². The maximum absolute atomic E-state index is 12.3. The molecule has 0 fully saturated rings. The molecular weight excluding hydrogens is 310 g/mol. The number of aromatic nitrogens is 3. The van der Waals surface area contributed by atoms with E-state index in [1.54, 1.807) is 20.1 Å². The lowest BCUT2D eigenvalue weighted by Crippen LogP contribution is -2.16. The van der Waals surface area contributed by atoms with Gasteiger partial charge in [-0.3, -0.25) is 4.72 Å². The second kappa shape index (κ2) is 6.71. The van der Waals surface area contributed by atoms with Crippen molar-refractivity contribution in [1.29, 1.82) is 0 Å². The van der Waals surface area contributed by atoms with Crippen LogP contribution < -0.4 is 10.0 Å². The van der Waals surface area contributed by atoms with Gasteiger partial charge in [0.25, 0.3) is 10.0 Å². The summed E-state index contributed by atoms with van der Waals surface area (Å²) in [5.74, 6) is 0.852. The van der Waals surface area contributed by atoms with Crippen molar-refractivity contribution in [3.63, 3.8) is 0 Å². The highest BCUT2D eigenvalue weighted by molar-refractivity contribution is 7.92. The number of aryl methyl sites for hydroxylation is 2. The van der Waals surface area contributed by atoms with Gasteiger partial charge in [-0.1, -0.05) is 5.16 Å². The standard InChI is InChI=1S/C12H17N5O4S/c1-8-12(9(2)21-16-8)22(18,19)17-11-5-4-10(14-15-11)13-6-7-20-3/h4-5H,6-7H2,1-3H3,(H,13,14)(H,15,17). The number of sulfonamides is 1. The molecule has 0 unspecified atom stereocenters. The van der Waals surface area contributed by atoms with Gasteiger partial charge in [0.15, 0.2) is 16.5 Å². The molecule has 0 aliphatic heterocycles. The molecule has 0 aliphatic carbocycles. The van der Waals surface area contributed by atoms with Crippen LogP contribution in [0.2, 0.25) is 0 Å². The minimum atomic E-state index is -3.81. The Morgan fingerprint density at radius 3 is 2.45 bits per heavy atom. The number of ether oxygens (including phenoxy) is 1. The number of methoxy groups -OCH3 is 1. The molecule has 2 aromatic heterocycles. The van der Waals surface area contributed by atoms with E-state index in [0.717, 1.165) is 0 Å². The average Bonchev–Trinajstić information content (AvgIpc) is 2.81. The fourth-order valence-corrected chi connectivity index (χ4v) is 3.14. The Kier molecular flexibility index (Phi) is 4.93. The molecule has 0 saturated carbocycles. The van der Waals surface area contributed by atoms with Crippen LogP contribution in [0.3, 0.4) is 0 Å². The molecule has 0 amide bonds. The van der Waals surface area contributed by atoms with Crippen molar-refractivity contribution in [2.45, 2.75) is 18.7 Å². The maximum atomic E-state index is 12.3. The van der Waals surface area contributed by atoms with Gasteiger partial charge in [0, 0.05) is 13.7 Å². The Morgan fingerprint density at radius 1 is 1.23 bits per heavy atom. The van der Waals surface area contributed by atoms with Crippen LogP contribution in [0, 0.1) is 13.8 Å². The van der Waals surface area contributed by atoms with E-state index in [1.165, 1.54) is 13.0 Å². The fourth-order valence-electron chi connectivity index (χ4n) is 1.81. The van der Waals surface area contributed by atoms with Crippen molar-refractivity contribution in [1.82, 2.24) is 15.4 Å². The van der Waals surface area contributed by atoms with Crippen molar-refractivity contribution >= 4 is 21.7 Å². The highest BCUT2D eigenvalue weighted by atomic mass is 32.2. The molecule has 2 aromatic rings. The molecule has 0 saturated heterocycles. The lowest BCUT2D eigenvalue weighted by molar-refractivity contribution is 0.210. The van der Waals surface area contributed by atoms with Crippen molar-refractivity contribution in [3.05, 3.63) is 23.6 Å². The maximum Gasteiger partial charge on any atom is 0.268 e. The summed E-state index contributed by atoms with van der Waals surface area (Å²) in [5, 5.41) is 14.3. The summed E-state index contributed by atoms with van der Waals surface area (Å²) in [6.45, 7) is 4.19. The van der Waals surface area contributed by atoms with Crippen LogP contribution in [0.15, 0.2) is 21.6 Å². The van der Waals surface area contributed by atoms with E-state index in [-0.39, 0.29) is 22.2 Å². The second-order valence-electron chi connectivity index (χ2n) is 4.48. The zero-order valence-electron chi connectivity index (χ0n) is 12.5. The van der Waals surface area contributed by atoms with Crippen LogP contribution in [-0.4, -0.2) is 44.0 Å². The molecule has 2 rings (SSSR count). The second-order valence-corrected chi connectivity index (χ2v) is 6.10. The molecule has 120 valence electrons. The zero-order chi connectivity index (χ0) is 16.2. The number of hydrogen-bond donors (Lipinski definition) is 2. The largest absolute Gasteiger partial charge is 0.383 e. The monoisotopic (exact) mass is 327 g/mol. The zero-order valence-corrected chi connectivity index (χ0v) is 13.3. The van der Waals surface area contributed by atoms with Crippen molar-refractivity contribution in [2.75, 3.05) is 30.3 Å². The van der Waals surface area contributed by atoms with Gasteiger partial charge >= 0.3 is 0 Å². The topological polar surface area (TPSA) is 119 Å². The van der Waals surface area contributed by atoms with Gasteiger partial charge < -0.3 is 14.6 Å². The summed E-state index contributed by atoms with van der Waals surface area (Å²) in [7, 11) is -2.22. The molecular formula is C12H17N5O4S. The SMILES string of the molecule is COCCNc1ccc(NS(=O)(=O)c2c(C)noc2C)nn1. The summed E-state index contributed by atoms with van der Waals surface area (Å²) in [6, 6.07) is 3.13. The van der Waals surface area contributed by atoms with Crippen molar-refractivity contribution < 1.29 is 17.7 Å². The lowest BCUT2D eigenvalue weighted by atomic mass is 10.4. The molecule has 0 aromatic carbocycles. The summed E-state index contributed by atoms with van der Waals surface area (Å²) in [5.41, 5.74) is 0.288. The summed E-state index contributed by atoms with van der Waals surface area (Å²) in [4.78, 5) is 0.0107. The Balaban J connectivity index is 2.10. The number of anilines is 2. The van der Waals surface area contributed by atoms with E-state index in [4.69, 9.17) is 9.26 Å². The van der Waals surface area contributed by atoms with Gasteiger partial charge in [-0.15, -0.1) is 10.2 Å². The number of nitrogens with one attached hydrogen (secondary N) is 2. The van der Waals surface area contributed by atoms with Gasteiger partial charge in [0.1, 0.15) is 11.5 Å². The molecule has 0 spiro atoms. The quantitative estimate of drug-likeness (QED) is 0.721. The smallest absolute Gasteiger partial charge is 0.268 e. The summed E-state index contributed by atoms with van der Waals surface area (Å²) in [6.07, 6.45) is 0. The predicted octanol–water partition coefficient (Wildman–Crippen LogP) is 0.941. The summed E-state index contributed by atoms with van der Waals surface area (Å²) >= 11 is 0. The van der Waals surface area contributed by atoms with Gasteiger partial charge in [0.05, 0.1) is 6.61 Å². The highest BCUT2D eigenvalue weighted by Crippen LogP contribution is 2.21. The van der Waals surface area contributed by atoms with Crippen molar-refractivity contribution in [3.8, 4) is 0 Å². The first-order valence-electron chi connectivity index (χ1n) is 6.46. The third kappa shape index (κ3) is 3.71. The molecule has 0 aliphatic rings. The van der Waals surface area contributed by atoms with Crippen LogP contribution >= 0.6 is 0 Å². The highest BCUT2D eigenvalue weighted by Gasteiger charge is 2.24. The molecule has 0 bridgehead atoms. The minimum absolute atomic E-state index is 0.0107. The molecule has 0 atom stereocenters. The normalized spacial score (nSPS) is 11.4. The third-order valence-electron chi connectivity index (χ3n) is 2.75. The Hall–Kier alpha value is -2.20. The van der Waals surface area contributed by atoms with E-state index >= 15 is 0 Å². The lowest BCUT2D eigenvalue weighted by Gasteiger charge is -2.07. The van der Waals surface area contributed by atoms with Crippen LogP contribution in [0.25, 0.3) is 0 Å². The van der Waals surface area contributed by atoms with E-state index in [2.05, 4.69) is 25.4 Å². The van der Waals surface area contributed by atoms with Crippen LogP contribution in [0.4, 0.5) is 11.6 Å². The number of rotatable bonds is 7. The predicted molar refractivity (Wildman–Crippen MR) is 79.2 cm³/mol. The van der Waals surface area contributed by atoms with Gasteiger partial charge in [0.2, 0.25) is 0 Å².